The van der Waals surface area contributed by atoms with Crippen molar-refractivity contribution in [1.29, 1.82) is 5.26 Å². The number of carbonyl (C=O) groups excluding carboxylic acids is 2. The summed E-state index contributed by atoms with van der Waals surface area (Å²) < 4.78 is 0. The van der Waals surface area contributed by atoms with E-state index in [1.54, 1.807) is 18.2 Å². The van der Waals surface area contributed by atoms with Gasteiger partial charge in [-0.25, -0.2) is 0 Å². The van der Waals surface area contributed by atoms with Crippen LogP contribution in [0, 0.1) is 17.2 Å². The van der Waals surface area contributed by atoms with Crippen molar-refractivity contribution in [2.24, 2.45) is 5.92 Å². The van der Waals surface area contributed by atoms with Crippen molar-refractivity contribution >= 4 is 23.3 Å². The van der Waals surface area contributed by atoms with Crippen LogP contribution >= 0.6 is 11.6 Å². The molecule has 4 nitrogen and oxygen atoms in total. The third-order valence-electron chi connectivity index (χ3n) is 2.42. The van der Waals surface area contributed by atoms with Gasteiger partial charge in [-0.15, -0.1) is 0 Å². The van der Waals surface area contributed by atoms with Crippen LogP contribution in [0.25, 0.3) is 0 Å². The fourth-order valence-corrected chi connectivity index (χ4v) is 1.54. The number of hydrogen-bond acceptors (Lipinski definition) is 3. The molecule has 0 aliphatic heterocycles. The molecule has 0 bridgehead atoms. The molecule has 0 radical (unpaired) electrons. The lowest BCUT2D eigenvalue weighted by atomic mass is 10.1. The van der Waals surface area contributed by atoms with Crippen LogP contribution in [0.2, 0.25) is 5.02 Å². The van der Waals surface area contributed by atoms with E-state index >= 15 is 0 Å². The molecule has 1 aromatic carbocycles. The van der Waals surface area contributed by atoms with E-state index in [0.717, 1.165) is 5.56 Å². The second-order valence-corrected chi connectivity index (χ2v) is 4.28. The standard InChI is InChI=1S/C13H13ClN2O2/c1-9(17)12(8-15)13(18)16-7-6-10-2-4-11(14)5-3-10/h2-5,12H,6-7H2,1H3,(H,16,18). The van der Waals surface area contributed by atoms with Gasteiger partial charge in [0.2, 0.25) is 5.91 Å². The van der Waals surface area contributed by atoms with Gasteiger partial charge < -0.3 is 5.32 Å². The minimum absolute atomic E-state index is 0.381. The Kier molecular flexibility index (Phi) is 5.34. The summed E-state index contributed by atoms with van der Waals surface area (Å²) in [7, 11) is 0. The Morgan fingerprint density at radius 3 is 2.50 bits per heavy atom. The summed E-state index contributed by atoms with van der Waals surface area (Å²) in [5, 5.41) is 11.9. The summed E-state index contributed by atoms with van der Waals surface area (Å²) in [5.41, 5.74) is 1.02. The third-order valence-corrected chi connectivity index (χ3v) is 2.68. The van der Waals surface area contributed by atoms with Crippen molar-refractivity contribution in [3.8, 4) is 6.07 Å². The van der Waals surface area contributed by atoms with Crippen molar-refractivity contribution in [2.75, 3.05) is 6.54 Å². The molecule has 1 amide bonds. The molecule has 1 unspecified atom stereocenters. The summed E-state index contributed by atoms with van der Waals surface area (Å²) in [6.45, 7) is 1.61. The van der Waals surface area contributed by atoms with Gasteiger partial charge in [-0.05, 0) is 31.0 Å². The predicted octanol–water partition coefficient (Wildman–Crippen LogP) is 1.73. The molecule has 0 saturated heterocycles. The van der Waals surface area contributed by atoms with Crippen LogP contribution in [0.1, 0.15) is 12.5 Å². The zero-order chi connectivity index (χ0) is 13.5. The van der Waals surface area contributed by atoms with Gasteiger partial charge in [-0.3, -0.25) is 9.59 Å². The first kappa shape index (κ1) is 14.2. The van der Waals surface area contributed by atoms with Crippen LogP contribution in [0.3, 0.4) is 0 Å². The maximum absolute atomic E-state index is 11.5. The maximum Gasteiger partial charge on any atom is 0.244 e. The van der Waals surface area contributed by atoms with Crippen LogP contribution < -0.4 is 5.32 Å². The van der Waals surface area contributed by atoms with E-state index in [4.69, 9.17) is 16.9 Å². The van der Waals surface area contributed by atoms with Crippen LogP contribution in [0.15, 0.2) is 24.3 Å². The molecule has 94 valence electrons. The van der Waals surface area contributed by atoms with E-state index in [0.29, 0.717) is 18.0 Å². The molecule has 18 heavy (non-hydrogen) atoms. The summed E-state index contributed by atoms with van der Waals surface area (Å²) in [5.74, 6) is -2.20. The number of halogens is 1. The van der Waals surface area contributed by atoms with Gasteiger partial charge in [0.25, 0.3) is 0 Å². The average molecular weight is 265 g/mol. The zero-order valence-electron chi connectivity index (χ0n) is 9.94. The van der Waals surface area contributed by atoms with E-state index in [2.05, 4.69) is 5.32 Å². The number of carbonyl (C=O) groups is 2. The number of amides is 1. The molecule has 0 saturated carbocycles. The molecule has 1 N–H and O–H groups in total. The topological polar surface area (TPSA) is 70.0 Å². The lowest BCUT2D eigenvalue weighted by Gasteiger charge is -2.07. The van der Waals surface area contributed by atoms with Gasteiger partial charge >= 0.3 is 0 Å². The molecule has 0 aromatic heterocycles. The number of nitrogens with one attached hydrogen (secondary N) is 1. The smallest absolute Gasteiger partial charge is 0.244 e. The second-order valence-electron chi connectivity index (χ2n) is 3.84. The molecule has 5 heteroatoms. The monoisotopic (exact) mass is 264 g/mol. The summed E-state index contributed by atoms with van der Waals surface area (Å²) in [4.78, 5) is 22.5. The van der Waals surface area contributed by atoms with Crippen molar-refractivity contribution in [2.45, 2.75) is 13.3 Å². The molecule has 1 aromatic rings. The number of ketones is 1. The fraction of sp³-hybridized carbons (Fsp3) is 0.308. The molecule has 1 atom stereocenters. The number of benzene rings is 1. The highest BCUT2D eigenvalue weighted by Crippen LogP contribution is 2.09. The molecular formula is C13H13ClN2O2. The molecule has 0 aliphatic rings. The Morgan fingerprint density at radius 1 is 1.39 bits per heavy atom. The van der Waals surface area contributed by atoms with Gasteiger partial charge in [0, 0.05) is 11.6 Å². The van der Waals surface area contributed by atoms with E-state index in [1.807, 2.05) is 12.1 Å². The zero-order valence-corrected chi connectivity index (χ0v) is 10.7. The first-order valence-corrected chi connectivity index (χ1v) is 5.84. The molecule has 0 heterocycles. The van der Waals surface area contributed by atoms with Crippen LogP contribution in [-0.2, 0) is 16.0 Å². The Balaban J connectivity index is 2.42. The first-order valence-electron chi connectivity index (χ1n) is 5.47. The van der Waals surface area contributed by atoms with E-state index < -0.39 is 17.6 Å². The van der Waals surface area contributed by atoms with Gasteiger partial charge in [0.05, 0.1) is 6.07 Å². The van der Waals surface area contributed by atoms with Gasteiger partial charge in [-0.1, -0.05) is 23.7 Å². The number of rotatable bonds is 5. The summed E-state index contributed by atoms with van der Waals surface area (Å²) in [6.07, 6.45) is 0.624. The molecule has 0 fully saturated rings. The Labute approximate surface area is 111 Å². The van der Waals surface area contributed by atoms with Crippen LogP contribution in [-0.4, -0.2) is 18.2 Å². The molecule has 1 rings (SSSR count). The highest BCUT2D eigenvalue weighted by molar-refractivity contribution is 6.30. The number of Topliss-reactive ketones (excluding diaryl/α,β-unsaturated/α-hetero) is 1. The van der Waals surface area contributed by atoms with Gasteiger partial charge in [0.1, 0.15) is 0 Å². The van der Waals surface area contributed by atoms with Crippen molar-refractivity contribution in [3.05, 3.63) is 34.9 Å². The van der Waals surface area contributed by atoms with Crippen molar-refractivity contribution in [3.63, 3.8) is 0 Å². The number of nitrogens with zero attached hydrogens (tertiary/aromatic N) is 1. The Morgan fingerprint density at radius 2 is 2.00 bits per heavy atom. The minimum atomic E-state index is -1.21. The summed E-state index contributed by atoms with van der Waals surface area (Å²) in [6, 6.07) is 8.94. The molecular weight excluding hydrogens is 252 g/mol. The van der Waals surface area contributed by atoms with Crippen molar-refractivity contribution < 1.29 is 9.59 Å². The van der Waals surface area contributed by atoms with E-state index in [1.165, 1.54) is 6.92 Å². The van der Waals surface area contributed by atoms with Gasteiger partial charge in [0.15, 0.2) is 11.7 Å². The lowest BCUT2D eigenvalue weighted by Crippen LogP contribution is -2.34. The van der Waals surface area contributed by atoms with Crippen LogP contribution in [0.4, 0.5) is 0 Å². The molecule has 0 spiro atoms. The lowest BCUT2D eigenvalue weighted by molar-refractivity contribution is -0.130. The van der Waals surface area contributed by atoms with E-state index in [9.17, 15) is 9.59 Å². The minimum Gasteiger partial charge on any atom is -0.354 e. The van der Waals surface area contributed by atoms with Crippen LogP contribution in [0.5, 0.6) is 0 Å². The van der Waals surface area contributed by atoms with Gasteiger partial charge in [-0.2, -0.15) is 5.26 Å². The first-order chi connectivity index (χ1) is 8.54. The molecule has 0 aliphatic carbocycles. The second kappa shape index (κ2) is 6.77. The average Bonchev–Trinajstić information content (AvgIpc) is 2.32. The third kappa shape index (κ3) is 4.19. The quantitative estimate of drug-likeness (QED) is 0.824. The Bertz CT molecular complexity index is 477. The highest BCUT2D eigenvalue weighted by atomic mass is 35.5. The maximum atomic E-state index is 11.5. The number of nitriles is 1. The van der Waals surface area contributed by atoms with E-state index in [-0.39, 0.29) is 0 Å². The van der Waals surface area contributed by atoms with Crippen molar-refractivity contribution in [1.82, 2.24) is 5.32 Å². The Hall–Kier alpha value is -1.86. The predicted molar refractivity (Wildman–Crippen MR) is 67.9 cm³/mol. The fourth-order valence-electron chi connectivity index (χ4n) is 1.42. The highest BCUT2D eigenvalue weighted by Gasteiger charge is 2.21. The summed E-state index contributed by atoms with van der Waals surface area (Å²) >= 11 is 5.75. The normalized spacial score (nSPS) is 11.4. The number of hydrogen-bond donors (Lipinski definition) is 1. The largest absolute Gasteiger partial charge is 0.354 e. The SMILES string of the molecule is CC(=O)C(C#N)C(=O)NCCc1ccc(Cl)cc1.